The number of hydrazine groups is 1. The second kappa shape index (κ2) is 5.51. The van der Waals surface area contributed by atoms with Gasteiger partial charge in [-0.1, -0.05) is 13.0 Å². The zero-order chi connectivity index (χ0) is 12.1. The van der Waals surface area contributed by atoms with Gasteiger partial charge in [0.05, 0.1) is 12.7 Å². The van der Waals surface area contributed by atoms with Crippen molar-refractivity contribution >= 4 is 5.91 Å². The van der Waals surface area contributed by atoms with Gasteiger partial charge in [-0.25, -0.2) is 5.01 Å². The maximum atomic E-state index is 11.9. The van der Waals surface area contributed by atoms with E-state index in [1.807, 2.05) is 18.2 Å². The Morgan fingerprint density at radius 1 is 1.44 bits per heavy atom. The summed E-state index contributed by atoms with van der Waals surface area (Å²) < 4.78 is 5.17. The van der Waals surface area contributed by atoms with Gasteiger partial charge in [0.25, 0.3) is 5.91 Å². The Morgan fingerprint density at radius 2 is 2.12 bits per heavy atom. The molecule has 0 heterocycles. The van der Waals surface area contributed by atoms with Gasteiger partial charge in [0.2, 0.25) is 0 Å². The normalized spacial score (nSPS) is 10.3. The monoisotopic (exact) mass is 222 g/mol. The van der Waals surface area contributed by atoms with E-state index >= 15 is 0 Å². The Balaban J connectivity index is 3.03. The summed E-state index contributed by atoms with van der Waals surface area (Å²) >= 11 is 0. The summed E-state index contributed by atoms with van der Waals surface area (Å²) in [6.07, 6.45) is 0.895. The molecule has 1 aromatic carbocycles. The van der Waals surface area contributed by atoms with Gasteiger partial charge in [-0.2, -0.15) is 0 Å². The lowest BCUT2D eigenvalue weighted by molar-refractivity contribution is 0.0853. The predicted molar refractivity (Wildman–Crippen MR) is 63.5 cm³/mol. The number of nitrogens with one attached hydrogen (secondary N) is 1. The van der Waals surface area contributed by atoms with Crippen LogP contribution >= 0.6 is 0 Å². The highest BCUT2D eigenvalue weighted by atomic mass is 16.5. The summed E-state index contributed by atoms with van der Waals surface area (Å²) in [7, 11) is 5.11. The minimum atomic E-state index is -0.155. The summed E-state index contributed by atoms with van der Waals surface area (Å²) in [5.74, 6) is 0.439. The van der Waals surface area contributed by atoms with E-state index in [2.05, 4.69) is 12.3 Å². The smallest absolute Gasteiger partial charge is 0.269 e. The molecule has 0 spiro atoms. The van der Waals surface area contributed by atoms with Gasteiger partial charge in [0.1, 0.15) is 5.75 Å². The van der Waals surface area contributed by atoms with E-state index in [-0.39, 0.29) is 5.91 Å². The molecular formula is C12H18N2O2. The van der Waals surface area contributed by atoms with Crippen LogP contribution < -0.4 is 10.2 Å². The van der Waals surface area contributed by atoms with Gasteiger partial charge in [0, 0.05) is 14.1 Å². The second-order valence-corrected chi connectivity index (χ2v) is 3.72. The Bertz CT molecular complexity index is 375. The van der Waals surface area contributed by atoms with Crippen LogP contribution in [0.25, 0.3) is 0 Å². The van der Waals surface area contributed by atoms with Crippen molar-refractivity contribution in [1.82, 2.24) is 10.4 Å². The molecule has 0 bridgehead atoms. The average Bonchev–Trinajstić information content (AvgIpc) is 2.27. The number of aryl methyl sites for hydroxylation is 1. The molecule has 1 aromatic rings. The quantitative estimate of drug-likeness (QED) is 0.784. The fraction of sp³-hybridized carbons (Fsp3) is 0.417. The summed E-state index contributed by atoms with van der Waals surface area (Å²) in [6, 6.07) is 5.65. The number of rotatable bonds is 4. The highest BCUT2D eigenvalue weighted by Gasteiger charge is 2.12. The van der Waals surface area contributed by atoms with Crippen molar-refractivity contribution in [3.05, 3.63) is 29.3 Å². The Morgan fingerprint density at radius 3 is 2.62 bits per heavy atom. The first-order valence-corrected chi connectivity index (χ1v) is 5.23. The van der Waals surface area contributed by atoms with E-state index in [0.29, 0.717) is 11.3 Å². The van der Waals surface area contributed by atoms with Crippen molar-refractivity contribution in [3.63, 3.8) is 0 Å². The zero-order valence-corrected chi connectivity index (χ0v) is 10.2. The Kier molecular flexibility index (Phi) is 4.31. The molecule has 0 atom stereocenters. The minimum absolute atomic E-state index is 0.155. The zero-order valence-electron chi connectivity index (χ0n) is 10.2. The van der Waals surface area contributed by atoms with E-state index in [9.17, 15) is 4.79 Å². The predicted octanol–water partition coefficient (Wildman–Crippen LogP) is 1.46. The summed E-state index contributed by atoms with van der Waals surface area (Å²) in [4.78, 5) is 11.9. The minimum Gasteiger partial charge on any atom is -0.496 e. The fourth-order valence-corrected chi connectivity index (χ4v) is 1.42. The lowest BCUT2D eigenvalue weighted by atomic mass is 10.1. The van der Waals surface area contributed by atoms with Crippen LogP contribution in [0.3, 0.4) is 0 Å². The molecule has 16 heavy (non-hydrogen) atoms. The number of hydrogen-bond acceptors (Lipinski definition) is 3. The van der Waals surface area contributed by atoms with Gasteiger partial charge < -0.3 is 4.74 Å². The fourth-order valence-electron chi connectivity index (χ4n) is 1.42. The van der Waals surface area contributed by atoms with Gasteiger partial charge in [-0.3, -0.25) is 10.2 Å². The molecule has 0 saturated heterocycles. The van der Waals surface area contributed by atoms with Crippen LogP contribution in [0.2, 0.25) is 0 Å². The SMILES string of the molecule is CCc1ccc(OC)c(C(=O)NN(C)C)c1. The molecule has 1 amide bonds. The number of amides is 1. The van der Waals surface area contributed by atoms with Gasteiger partial charge in [-0.05, 0) is 24.1 Å². The van der Waals surface area contributed by atoms with Crippen LogP contribution in [0.1, 0.15) is 22.8 Å². The standard InChI is InChI=1S/C12H18N2O2/c1-5-9-6-7-11(16-4)10(8-9)12(15)13-14(2)3/h6-8H,5H2,1-4H3,(H,13,15). The first-order chi connectivity index (χ1) is 7.58. The van der Waals surface area contributed by atoms with Crippen LogP contribution in [0.5, 0.6) is 5.75 Å². The van der Waals surface area contributed by atoms with Crippen molar-refractivity contribution in [3.8, 4) is 5.75 Å². The highest BCUT2D eigenvalue weighted by Crippen LogP contribution is 2.20. The van der Waals surface area contributed by atoms with Crippen molar-refractivity contribution in [2.45, 2.75) is 13.3 Å². The molecule has 0 saturated carbocycles. The topological polar surface area (TPSA) is 41.6 Å². The third-order valence-corrected chi connectivity index (χ3v) is 2.24. The molecule has 0 aliphatic carbocycles. The van der Waals surface area contributed by atoms with Crippen molar-refractivity contribution < 1.29 is 9.53 Å². The molecule has 0 aromatic heterocycles. The molecule has 0 radical (unpaired) electrons. The number of benzene rings is 1. The van der Waals surface area contributed by atoms with Crippen LogP contribution in [0.4, 0.5) is 0 Å². The highest BCUT2D eigenvalue weighted by molar-refractivity contribution is 5.96. The largest absolute Gasteiger partial charge is 0.496 e. The third-order valence-electron chi connectivity index (χ3n) is 2.24. The van der Waals surface area contributed by atoms with E-state index in [4.69, 9.17) is 4.74 Å². The van der Waals surface area contributed by atoms with E-state index < -0.39 is 0 Å². The molecule has 0 aliphatic heterocycles. The molecule has 0 aliphatic rings. The first-order valence-electron chi connectivity index (χ1n) is 5.23. The summed E-state index contributed by atoms with van der Waals surface area (Å²) in [5, 5.41) is 1.61. The van der Waals surface area contributed by atoms with Gasteiger partial charge in [0.15, 0.2) is 0 Å². The maximum Gasteiger partial charge on any atom is 0.269 e. The molecule has 4 heteroatoms. The molecule has 88 valence electrons. The maximum absolute atomic E-state index is 11.9. The van der Waals surface area contributed by atoms with Crippen LogP contribution in [0.15, 0.2) is 18.2 Å². The molecule has 4 nitrogen and oxygen atoms in total. The first kappa shape index (κ1) is 12.5. The van der Waals surface area contributed by atoms with Gasteiger partial charge in [-0.15, -0.1) is 0 Å². The number of hydrogen-bond donors (Lipinski definition) is 1. The summed E-state index contributed by atoms with van der Waals surface area (Å²) in [5.41, 5.74) is 4.38. The van der Waals surface area contributed by atoms with Crippen molar-refractivity contribution in [2.75, 3.05) is 21.2 Å². The number of methoxy groups -OCH3 is 1. The molecule has 0 fully saturated rings. The van der Waals surface area contributed by atoms with E-state index in [0.717, 1.165) is 12.0 Å². The van der Waals surface area contributed by atoms with Crippen LogP contribution in [0, 0.1) is 0 Å². The Hall–Kier alpha value is -1.55. The molecule has 1 rings (SSSR count). The van der Waals surface area contributed by atoms with Crippen LogP contribution in [-0.4, -0.2) is 32.1 Å². The number of nitrogens with zero attached hydrogens (tertiary/aromatic N) is 1. The number of carbonyl (C=O) groups excluding carboxylic acids is 1. The number of carbonyl (C=O) groups is 1. The average molecular weight is 222 g/mol. The van der Waals surface area contributed by atoms with Crippen LogP contribution in [-0.2, 0) is 6.42 Å². The lowest BCUT2D eigenvalue weighted by Crippen LogP contribution is -2.36. The van der Waals surface area contributed by atoms with Gasteiger partial charge >= 0.3 is 0 Å². The number of ether oxygens (including phenoxy) is 1. The van der Waals surface area contributed by atoms with Crippen molar-refractivity contribution in [1.29, 1.82) is 0 Å². The van der Waals surface area contributed by atoms with E-state index in [1.54, 1.807) is 26.2 Å². The molecule has 0 unspecified atom stereocenters. The Labute approximate surface area is 96.2 Å². The summed E-state index contributed by atoms with van der Waals surface area (Å²) in [6.45, 7) is 2.05. The molecule has 1 N–H and O–H groups in total. The molecular weight excluding hydrogens is 204 g/mol. The second-order valence-electron chi connectivity index (χ2n) is 3.72. The third kappa shape index (κ3) is 2.97. The van der Waals surface area contributed by atoms with E-state index in [1.165, 1.54) is 0 Å². The van der Waals surface area contributed by atoms with Crippen molar-refractivity contribution in [2.24, 2.45) is 0 Å². The lowest BCUT2D eigenvalue weighted by Gasteiger charge is -2.14.